The molecular formula is C9H8F2N4O2. The number of aryl methyl sites for hydroxylation is 1. The minimum absolute atomic E-state index is 0.0370. The number of nitrogens with zero attached hydrogens (tertiary/aromatic N) is 3. The van der Waals surface area contributed by atoms with E-state index in [1.165, 1.54) is 17.9 Å². The van der Waals surface area contributed by atoms with Crippen molar-refractivity contribution in [2.24, 2.45) is 12.8 Å². The zero-order valence-electron chi connectivity index (χ0n) is 8.72. The van der Waals surface area contributed by atoms with E-state index in [0.29, 0.717) is 0 Å². The van der Waals surface area contributed by atoms with Gasteiger partial charge in [-0.3, -0.25) is 9.48 Å². The SMILES string of the molecule is Cn1cc(-c2nc(C(N)=O)co2)c(C(F)F)n1. The van der Waals surface area contributed by atoms with Crippen LogP contribution in [0.4, 0.5) is 8.78 Å². The summed E-state index contributed by atoms with van der Waals surface area (Å²) in [5.74, 6) is -0.898. The van der Waals surface area contributed by atoms with Crippen molar-refractivity contribution >= 4 is 5.91 Å². The van der Waals surface area contributed by atoms with E-state index >= 15 is 0 Å². The molecule has 2 aromatic rings. The van der Waals surface area contributed by atoms with Crippen LogP contribution in [-0.2, 0) is 7.05 Å². The van der Waals surface area contributed by atoms with Crippen LogP contribution < -0.4 is 5.73 Å². The van der Waals surface area contributed by atoms with E-state index in [4.69, 9.17) is 10.2 Å². The summed E-state index contributed by atoms with van der Waals surface area (Å²) in [5, 5.41) is 3.59. The lowest BCUT2D eigenvalue weighted by atomic mass is 10.2. The molecule has 0 aliphatic carbocycles. The number of rotatable bonds is 3. The Kier molecular flexibility index (Phi) is 2.62. The Morgan fingerprint density at radius 1 is 1.59 bits per heavy atom. The fraction of sp³-hybridized carbons (Fsp3) is 0.222. The molecule has 0 aliphatic rings. The number of hydrogen-bond donors (Lipinski definition) is 1. The third-order valence-electron chi connectivity index (χ3n) is 2.05. The van der Waals surface area contributed by atoms with Crippen LogP contribution in [0.1, 0.15) is 22.6 Å². The molecule has 2 aromatic heterocycles. The number of alkyl halides is 2. The van der Waals surface area contributed by atoms with Crippen LogP contribution in [0.15, 0.2) is 16.9 Å². The topological polar surface area (TPSA) is 86.9 Å². The average Bonchev–Trinajstić information content (AvgIpc) is 2.82. The molecule has 90 valence electrons. The second kappa shape index (κ2) is 3.96. The minimum Gasteiger partial charge on any atom is -0.444 e. The molecule has 0 radical (unpaired) electrons. The lowest BCUT2D eigenvalue weighted by molar-refractivity contribution is 0.0995. The van der Waals surface area contributed by atoms with E-state index in [1.54, 1.807) is 0 Å². The normalized spacial score (nSPS) is 11.1. The van der Waals surface area contributed by atoms with E-state index in [2.05, 4.69) is 10.1 Å². The highest BCUT2D eigenvalue weighted by Crippen LogP contribution is 2.29. The summed E-state index contributed by atoms with van der Waals surface area (Å²) in [6, 6.07) is 0. The first-order chi connectivity index (χ1) is 7.99. The number of oxazole rings is 1. The molecule has 0 spiro atoms. The summed E-state index contributed by atoms with van der Waals surface area (Å²) in [5.41, 5.74) is 4.44. The smallest absolute Gasteiger partial charge is 0.282 e. The molecular weight excluding hydrogens is 234 g/mol. The van der Waals surface area contributed by atoms with Gasteiger partial charge in [0.15, 0.2) is 5.69 Å². The molecule has 2 N–H and O–H groups in total. The highest BCUT2D eigenvalue weighted by Gasteiger charge is 2.22. The van der Waals surface area contributed by atoms with Crippen molar-refractivity contribution in [2.45, 2.75) is 6.43 Å². The van der Waals surface area contributed by atoms with Gasteiger partial charge in [-0.05, 0) is 0 Å². The Balaban J connectivity index is 2.48. The van der Waals surface area contributed by atoms with Gasteiger partial charge in [-0.25, -0.2) is 13.8 Å². The molecule has 0 bridgehead atoms. The Morgan fingerprint density at radius 3 is 2.82 bits per heavy atom. The predicted molar refractivity (Wildman–Crippen MR) is 52.2 cm³/mol. The van der Waals surface area contributed by atoms with Gasteiger partial charge in [-0.1, -0.05) is 0 Å². The van der Waals surface area contributed by atoms with E-state index in [1.807, 2.05) is 0 Å². The lowest BCUT2D eigenvalue weighted by Crippen LogP contribution is -2.10. The van der Waals surface area contributed by atoms with Crippen LogP contribution in [0.3, 0.4) is 0 Å². The van der Waals surface area contributed by atoms with E-state index in [0.717, 1.165) is 6.26 Å². The van der Waals surface area contributed by atoms with Crippen molar-refractivity contribution in [3.8, 4) is 11.5 Å². The van der Waals surface area contributed by atoms with Crippen molar-refractivity contribution in [3.05, 3.63) is 23.8 Å². The third kappa shape index (κ3) is 2.01. The molecule has 2 heterocycles. The number of nitrogens with two attached hydrogens (primary N) is 1. The number of halogens is 2. The summed E-state index contributed by atoms with van der Waals surface area (Å²) >= 11 is 0. The number of amides is 1. The lowest BCUT2D eigenvalue weighted by Gasteiger charge is -1.95. The largest absolute Gasteiger partial charge is 0.444 e. The van der Waals surface area contributed by atoms with E-state index in [-0.39, 0.29) is 17.1 Å². The summed E-state index contributed by atoms with van der Waals surface area (Å²) in [4.78, 5) is 14.5. The third-order valence-corrected chi connectivity index (χ3v) is 2.05. The molecule has 2 rings (SSSR count). The van der Waals surface area contributed by atoms with Gasteiger partial charge >= 0.3 is 0 Å². The second-order valence-electron chi connectivity index (χ2n) is 3.30. The maximum absolute atomic E-state index is 12.7. The van der Waals surface area contributed by atoms with E-state index in [9.17, 15) is 13.6 Å². The quantitative estimate of drug-likeness (QED) is 0.873. The molecule has 0 aliphatic heterocycles. The molecule has 0 saturated carbocycles. The number of carbonyl (C=O) groups excluding carboxylic acids is 1. The average molecular weight is 242 g/mol. The van der Waals surface area contributed by atoms with Gasteiger partial charge < -0.3 is 10.2 Å². The zero-order valence-corrected chi connectivity index (χ0v) is 8.72. The number of primary amides is 1. The fourth-order valence-electron chi connectivity index (χ4n) is 1.34. The van der Waals surface area contributed by atoms with Gasteiger partial charge in [0.25, 0.3) is 12.3 Å². The van der Waals surface area contributed by atoms with Gasteiger partial charge in [-0.2, -0.15) is 5.10 Å². The van der Waals surface area contributed by atoms with Crippen LogP contribution in [-0.4, -0.2) is 20.7 Å². The van der Waals surface area contributed by atoms with Crippen molar-refractivity contribution in [3.63, 3.8) is 0 Å². The zero-order chi connectivity index (χ0) is 12.6. The number of carbonyl (C=O) groups is 1. The Morgan fingerprint density at radius 2 is 2.29 bits per heavy atom. The monoisotopic (exact) mass is 242 g/mol. The van der Waals surface area contributed by atoms with Gasteiger partial charge in [0.1, 0.15) is 12.0 Å². The molecule has 17 heavy (non-hydrogen) atoms. The first kappa shape index (κ1) is 11.2. The first-order valence-corrected chi connectivity index (χ1v) is 4.56. The molecule has 0 fully saturated rings. The van der Waals surface area contributed by atoms with Gasteiger partial charge in [0.05, 0.1) is 5.56 Å². The first-order valence-electron chi connectivity index (χ1n) is 4.56. The van der Waals surface area contributed by atoms with Gasteiger partial charge in [-0.15, -0.1) is 0 Å². The molecule has 0 saturated heterocycles. The maximum atomic E-state index is 12.7. The molecule has 8 heteroatoms. The van der Waals surface area contributed by atoms with Crippen molar-refractivity contribution in [2.75, 3.05) is 0 Å². The van der Waals surface area contributed by atoms with Crippen LogP contribution >= 0.6 is 0 Å². The molecule has 6 nitrogen and oxygen atoms in total. The van der Waals surface area contributed by atoms with Crippen LogP contribution in [0, 0.1) is 0 Å². The van der Waals surface area contributed by atoms with Crippen LogP contribution in [0.2, 0.25) is 0 Å². The standard InChI is InChI=1S/C9H8F2N4O2/c1-15-2-4(6(14-15)7(10)11)9-13-5(3-17-9)8(12)16/h2-3,7H,1H3,(H2,12,16). The van der Waals surface area contributed by atoms with Crippen molar-refractivity contribution in [1.82, 2.24) is 14.8 Å². The number of aromatic nitrogens is 3. The fourth-order valence-corrected chi connectivity index (χ4v) is 1.34. The van der Waals surface area contributed by atoms with E-state index < -0.39 is 18.0 Å². The maximum Gasteiger partial charge on any atom is 0.282 e. The Hall–Kier alpha value is -2.25. The van der Waals surface area contributed by atoms with Gasteiger partial charge in [0.2, 0.25) is 5.89 Å². The summed E-state index contributed by atoms with van der Waals surface area (Å²) in [6.07, 6.45) is -0.409. The van der Waals surface area contributed by atoms with Crippen LogP contribution in [0.5, 0.6) is 0 Å². The second-order valence-corrected chi connectivity index (χ2v) is 3.30. The molecule has 0 atom stereocenters. The van der Waals surface area contributed by atoms with Crippen molar-refractivity contribution < 1.29 is 18.0 Å². The Labute approximate surface area is 94.0 Å². The summed E-state index contributed by atoms with van der Waals surface area (Å²) < 4.78 is 31.4. The summed E-state index contributed by atoms with van der Waals surface area (Å²) in [7, 11) is 1.49. The minimum atomic E-state index is -2.75. The van der Waals surface area contributed by atoms with Gasteiger partial charge in [0, 0.05) is 13.2 Å². The highest BCUT2D eigenvalue weighted by atomic mass is 19.3. The predicted octanol–water partition coefficient (Wildman–Crippen LogP) is 1.11. The van der Waals surface area contributed by atoms with Crippen molar-refractivity contribution in [1.29, 1.82) is 0 Å². The Bertz CT molecular complexity index is 561. The molecule has 0 aromatic carbocycles. The molecule has 0 unspecified atom stereocenters. The number of hydrogen-bond acceptors (Lipinski definition) is 4. The molecule has 1 amide bonds. The highest BCUT2D eigenvalue weighted by molar-refractivity contribution is 5.90. The summed E-state index contributed by atoms with van der Waals surface area (Å²) in [6.45, 7) is 0. The van der Waals surface area contributed by atoms with Crippen LogP contribution in [0.25, 0.3) is 11.5 Å².